The van der Waals surface area contributed by atoms with E-state index in [0.717, 1.165) is 0 Å². The van der Waals surface area contributed by atoms with Crippen LogP contribution in [0.15, 0.2) is 29.2 Å². The third-order valence-corrected chi connectivity index (χ3v) is 5.05. The first-order valence-electron chi connectivity index (χ1n) is 6.59. The van der Waals surface area contributed by atoms with E-state index in [9.17, 15) is 18.0 Å². The first-order valence-corrected chi connectivity index (χ1v) is 8.03. The van der Waals surface area contributed by atoms with Gasteiger partial charge in [-0.15, -0.1) is 0 Å². The quantitative estimate of drug-likeness (QED) is 0.727. The van der Waals surface area contributed by atoms with Crippen LogP contribution in [0.1, 0.15) is 29.6 Å². The van der Waals surface area contributed by atoms with Crippen LogP contribution >= 0.6 is 0 Å². The zero-order chi connectivity index (χ0) is 15.6. The molecule has 1 atom stereocenters. The fourth-order valence-corrected chi connectivity index (χ4v) is 3.76. The lowest BCUT2D eigenvalue weighted by atomic mass is 10.1. The highest BCUT2D eigenvalue weighted by atomic mass is 32.2. The number of rotatable bonds is 5. The SMILES string of the molecule is NCCCC[C@H](N)C(=O)N1C(=O)c2ccccc2S1(=O)=O. The Morgan fingerprint density at radius 1 is 1.24 bits per heavy atom. The molecule has 2 amide bonds. The average molecular weight is 311 g/mol. The Balaban J connectivity index is 2.26. The minimum absolute atomic E-state index is 0.00000758. The first kappa shape index (κ1) is 15.6. The molecule has 0 aromatic heterocycles. The summed E-state index contributed by atoms with van der Waals surface area (Å²) in [5.41, 5.74) is 11.1. The zero-order valence-corrected chi connectivity index (χ0v) is 12.2. The highest BCUT2D eigenvalue weighted by Gasteiger charge is 2.46. The number of benzene rings is 1. The van der Waals surface area contributed by atoms with E-state index < -0.39 is 27.9 Å². The lowest BCUT2D eigenvalue weighted by Crippen LogP contribution is -2.46. The molecule has 0 saturated carbocycles. The van der Waals surface area contributed by atoms with E-state index in [4.69, 9.17) is 11.5 Å². The summed E-state index contributed by atoms with van der Waals surface area (Å²) in [6, 6.07) is 4.68. The minimum atomic E-state index is -4.14. The molecule has 0 aliphatic carbocycles. The van der Waals surface area contributed by atoms with Gasteiger partial charge in [0.05, 0.1) is 11.6 Å². The molecule has 1 aromatic carbocycles. The molecule has 1 aliphatic heterocycles. The molecule has 114 valence electrons. The molecule has 0 spiro atoms. The Morgan fingerprint density at radius 3 is 2.52 bits per heavy atom. The molecule has 0 bridgehead atoms. The predicted molar refractivity (Wildman–Crippen MR) is 75.7 cm³/mol. The molecule has 0 saturated heterocycles. The molecular weight excluding hydrogens is 294 g/mol. The topological polar surface area (TPSA) is 124 Å². The van der Waals surface area contributed by atoms with Crippen molar-refractivity contribution in [3.05, 3.63) is 29.8 Å². The number of amides is 2. The predicted octanol–water partition coefficient (Wildman–Crippen LogP) is -0.186. The van der Waals surface area contributed by atoms with Gasteiger partial charge in [-0.2, -0.15) is 4.31 Å². The van der Waals surface area contributed by atoms with Gasteiger partial charge in [-0.05, 0) is 31.5 Å². The van der Waals surface area contributed by atoms with Gasteiger partial charge in [-0.25, -0.2) is 8.42 Å². The van der Waals surface area contributed by atoms with Gasteiger partial charge in [0.1, 0.15) is 4.90 Å². The van der Waals surface area contributed by atoms with Crippen molar-refractivity contribution >= 4 is 21.8 Å². The monoisotopic (exact) mass is 311 g/mol. The van der Waals surface area contributed by atoms with Gasteiger partial charge < -0.3 is 11.5 Å². The van der Waals surface area contributed by atoms with Crippen molar-refractivity contribution in [1.82, 2.24) is 4.31 Å². The summed E-state index contributed by atoms with van der Waals surface area (Å²) in [5, 5.41) is 0. The van der Waals surface area contributed by atoms with Gasteiger partial charge in [0.15, 0.2) is 0 Å². The molecule has 1 heterocycles. The van der Waals surface area contributed by atoms with E-state index in [-0.39, 0.29) is 21.2 Å². The summed E-state index contributed by atoms with van der Waals surface area (Å²) >= 11 is 0. The Hall–Kier alpha value is -1.77. The Bertz CT molecular complexity index is 672. The Kier molecular flexibility index (Phi) is 4.40. The number of carbonyl (C=O) groups excluding carboxylic acids is 2. The van der Waals surface area contributed by atoms with E-state index in [1.807, 2.05) is 0 Å². The number of imide groups is 1. The maximum Gasteiger partial charge on any atom is 0.276 e. The van der Waals surface area contributed by atoms with Crippen LogP contribution in [0.25, 0.3) is 0 Å². The van der Waals surface area contributed by atoms with Crippen molar-refractivity contribution in [2.24, 2.45) is 11.5 Å². The van der Waals surface area contributed by atoms with Gasteiger partial charge in [0, 0.05) is 0 Å². The molecule has 0 fully saturated rings. The zero-order valence-electron chi connectivity index (χ0n) is 11.4. The van der Waals surface area contributed by atoms with Gasteiger partial charge in [0.25, 0.3) is 21.8 Å². The number of nitrogens with two attached hydrogens (primary N) is 2. The van der Waals surface area contributed by atoms with E-state index in [0.29, 0.717) is 19.4 Å². The van der Waals surface area contributed by atoms with Gasteiger partial charge in [-0.3, -0.25) is 9.59 Å². The van der Waals surface area contributed by atoms with Crippen LogP contribution in [0.2, 0.25) is 0 Å². The van der Waals surface area contributed by atoms with E-state index >= 15 is 0 Å². The second-order valence-corrected chi connectivity index (χ2v) is 6.56. The first-order chi connectivity index (χ1) is 9.91. The standard InChI is InChI=1S/C13H17N3O4S/c14-8-4-3-6-10(15)13(18)16-12(17)9-5-1-2-7-11(9)21(16,19)20/h1-2,5,7,10H,3-4,6,8,14-15H2/t10-/m0/s1. The minimum Gasteiger partial charge on any atom is -0.330 e. The van der Waals surface area contributed by atoms with Crippen molar-refractivity contribution in [2.45, 2.75) is 30.2 Å². The maximum absolute atomic E-state index is 12.3. The summed E-state index contributed by atoms with van der Waals surface area (Å²) in [4.78, 5) is 24.2. The second-order valence-electron chi connectivity index (χ2n) is 4.80. The number of sulfonamides is 1. The molecule has 1 aromatic rings. The molecule has 8 heteroatoms. The second kappa shape index (κ2) is 5.92. The lowest BCUT2D eigenvalue weighted by Gasteiger charge is -2.17. The van der Waals surface area contributed by atoms with Gasteiger partial charge >= 0.3 is 0 Å². The van der Waals surface area contributed by atoms with Crippen LogP contribution in [0.5, 0.6) is 0 Å². The van der Waals surface area contributed by atoms with Crippen LogP contribution in [0.3, 0.4) is 0 Å². The normalized spacial score (nSPS) is 17.6. The largest absolute Gasteiger partial charge is 0.330 e. The van der Waals surface area contributed by atoms with Gasteiger partial charge in [-0.1, -0.05) is 18.6 Å². The highest BCUT2D eigenvalue weighted by molar-refractivity contribution is 7.90. The van der Waals surface area contributed by atoms with Crippen molar-refractivity contribution in [2.75, 3.05) is 6.54 Å². The molecule has 0 unspecified atom stereocenters. The fourth-order valence-electron chi connectivity index (χ4n) is 2.19. The third kappa shape index (κ3) is 2.69. The lowest BCUT2D eigenvalue weighted by molar-refractivity contribution is -0.126. The smallest absolute Gasteiger partial charge is 0.276 e. The van der Waals surface area contributed by atoms with Crippen molar-refractivity contribution in [1.29, 1.82) is 0 Å². The summed E-state index contributed by atoms with van der Waals surface area (Å²) in [6.07, 6.45) is 1.56. The summed E-state index contributed by atoms with van der Waals surface area (Å²) in [6.45, 7) is 0.466. The summed E-state index contributed by atoms with van der Waals surface area (Å²) in [7, 11) is -4.14. The van der Waals surface area contributed by atoms with Crippen LogP contribution in [-0.2, 0) is 14.8 Å². The van der Waals surface area contributed by atoms with Crippen molar-refractivity contribution < 1.29 is 18.0 Å². The molecule has 2 rings (SSSR count). The molecule has 4 N–H and O–H groups in total. The van der Waals surface area contributed by atoms with Gasteiger partial charge in [0.2, 0.25) is 0 Å². The van der Waals surface area contributed by atoms with Crippen molar-refractivity contribution in [3.8, 4) is 0 Å². The molecule has 0 radical (unpaired) electrons. The number of nitrogens with zero attached hydrogens (tertiary/aromatic N) is 1. The molecule has 7 nitrogen and oxygen atoms in total. The maximum atomic E-state index is 12.3. The molecule has 1 aliphatic rings. The number of carbonyl (C=O) groups is 2. The van der Waals surface area contributed by atoms with Crippen LogP contribution in [0, 0.1) is 0 Å². The summed E-state index contributed by atoms with van der Waals surface area (Å²) in [5.74, 6) is -1.74. The van der Waals surface area contributed by atoms with E-state index in [1.165, 1.54) is 18.2 Å². The molecular formula is C13H17N3O4S. The number of fused-ring (bicyclic) bond motifs is 1. The third-order valence-electron chi connectivity index (χ3n) is 3.31. The van der Waals surface area contributed by atoms with E-state index in [1.54, 1.807) is 6.07 Å². The van der Waals surface area contributed by atoms with Crippen LogP contribution < -0.4 is 11.5 Å². The number of unbranched alkanes of at least 4 members (excludes halogenated alkanes) is 1. The fraction of sp³-hybridized carbons (Fsp3) is 0.385. The van der Waals surface area contributed by atoms with Crippen LogP contribution in [-0.4, -0.2) is 37.1 Å². The number of hydrogen-bond acceptors (Lipinski definition) is 6. The Labute approximate surface area is 123 Å². The van der Waals surface area contributed by atoms with Crippen molar-refractivity contribution in [3.63, 3.8) is 0 Å². The number of hydrogen-bond donors (Lipinski definition) is 2. The Morgan fingerprint density at radius 2 is 1.90 bits per heavy atom. The average Bonchev–Trinajstić information content (AvgIpc) is 2.66. The molecule has 21 heavy (non-hydrogen) atoms. The highest BCUT2D eigenvalue weighted by Crippen LogP contribution is 2.30. The summed E-state index contributed by atoms with van der Waals surface area (Å²) < 4.78 is 24.8. The van der Waals surface area contributed by atoms with Crippen LogP contribution in [0.4, 0.5) is 0 Å². The van der Waals surface area contributed by atoms with E-state index in [2.05, 4.69) is 0 Å².